The second-order valence-electron chi connectivity index (χ2n) is 6.50. The minimum atomic E-state index is -0.0757. The van der Waals surface area contributed by atoms with Crippen molar-refractivity contribution < 1.29 is 9.59 Å². The van der Waals surface area contributed by atoms with E-state index in [4.69, 9.17) is 0 Å². The molecule has 0 saturated heterocycles. The van der Waals surface area contributed by atoms with Gasteiger partial charge in [-0.25, -0.2) is 0 Å². The highest BCUT2D eigenvalue weighted by molar-refractivity contribution is 7.09. The van der Waals surface area contributed by atoms with Gasteiger partial charge in [-0.05, 0) is 41.3 Å². The Morgan fingerprint density at radius 3 is 2.57 bits per heavy atom. The molecule has 2 aromatic heterocycles. The van der Waals surface area contributed by atoms with Crippen LogP contribution in [0.5, 0.6) is 0 Å². The van der Waals surface area contributed by atoms with E-state index < -0.39 is 0 Å². The van der Waals surface area contributed by atoms with Gasteiger partial charge in [0, 0.05) is 35.3 Å². The summed E-state index contributed by atoms with van der Waals surface area (Å²) in [5.41, 5.74) is 1.91. The van der Waals surface area contributed by atoms with E-state index in [2.05, 4.69) is 23.5 Å². The largest absolute Gasteiger partial charge is 0.352 e. The van der Waals surface area contributed by atoms with Gasteiger partial charge in [0.25, 0.3) is 5.91 Å². The number of thiophene rings is 2. The van der Waals surface area contributed by atoms with Gasteiger partial charge in [0.1, 0.15) is 0 Å². The fraction of sp³-hybridized carbons (Fsp3) is 0.273. The van der Waals surface area contributed by atoms with Crippen molar-refractivity contribution in [3.8, 4) is 0 Å². The summed E-state index contributed by atoms with van der Waals surface area (Å²) in [7, 11) is 0. The predicted molar refractivity (Wildman–Crippen MR) is 116 cm³/mol. The first-order valence-electron chi connectivity index (χ1n) is 9.37. The lowest BCUT2D eigenvalue weighted by Gasteiger charge is -2.22. The smallest absolute Gasteiger partial charge is 0.252 e. The molecule has 2 heterocycles. The van der Waals surface area contributed by atoms with Gasteiger partial charge in [-0.1, -0.05) is 36.4 Å². The van der Waals surface area contributed by atoms with Crippen molar-refractivity contribution in [2.45, 2.75) is 25.8 Å². The van der Waals surface area contributed by atoms with Crippen molar-refractivity contribution in [3.63, 3.8) is 0 Å². The number of hydrogen-bond donors (Lipinski definition) is 1. The first-order valence-corrected chi connectivity index (χ1v) is 11.2. The Hall–Kier alpha value is -2.44. The van der Waals surface area contributed by atoms with Gasteiger partial charge in [-0.15, -0.1) is 11.3 Å². The third-order valence-electron chi connectivity index (χ3n) is 4.43. The number of amides is 2. The van der Waals surface area contributed by atoms with Crippen molar-refractivity contribution in [2.75, 3.05) is 13.1 Å². The molecule has 3 rings (SSSR count). The zero-order valence-electron chi connectivity index (χ0n) is 15.7. The van der Waals surface area contributed by atoms with Crippen LogP contribution in [0.15, 0.2) is 64.7 Å². The lowest BCUT2D eigenvalue weighted by Crippen LogP contribution is -2.33. The fourth-order valence-corrected chi connectivity index (χ4v) is 4.24. The highest BCUT2D eigenvalue weighted by atomic mass is 32.1. The number of carbonyl (C=O) groups is 2. The van der Waals surface area contributed by atoms with Gasteiger partial charge >= 0.3 is 0 Å². The summed E-state index contributed by atoms with van der Waals surface area (Å²) in [5.74, 6) is 0.0577. The van der Waals surface area contributed by atoms with Crippen LogP contribution in [0.3, 0.4) is 0 Å². The van der Waals surface area contributed by atoms with E-state index in [1.807, 2.05) is 45.3 Å². The summed E-state index contributed by atoms with van der Waals surface area (Å²) in [5, 5.41) is 8.63. The Balaban J connectivity index is 1.48. The Morgan fingerprint density at radius 2 is 1.86 bits per heavy atom. The number of rotatable bonds is 10. The number of nitrogens with one attached hydrogen (secondary N) is 1. The molecular weight excluding hydrogens is 388 g/mol. The summed E-state index contributed by atoms with van der Waals surface area (Å²) in [6.45, 7) is 1.85. The van der Waals surface area contributed by atoms with E-state index in [1.54, 1.807) is 17.4 Å². The first kappa shape index (κ1) is 20.3. The van der Waals surface area contributed by atoms with Crippen LogP contribution in [0.25, 0.3) is 0 Å². The van der Waals surface area contributed by atoms with Gasteiger partial charge in [0.2, 0.25) is 5.91 Å². The van der Waals surface area contributed by atoms with Crippen LogP contribution in [0.1, 0.15) is 33.6 Å². The van der Waals surface area contributed by atoms with E-state index in [1.165, 1.54) is 21.8 Å². The molecular formula is C22H24N2O2S2. The monoisotopic (exact) mass is 412 g/mol. The fourth-order valence-electron chi connectivity index (χ4n) is 2.89. The van der Waals surface area contributed by atoms with Crippen LogP contribution in [0, 0.1) is 0 Å². The molecule has 4 nitrogen and oxygen atoms in total. The summed E-state index contributed by atoms with van der Waals surface area (Å²) in [4.78, 5) is 27.9. The maximum Gasteiger partial charge on any atom is 0.252 e. The molecule has 2 amide bonds. The van der Waals surface area contributed by atoms with Crippen molar-refractivity contribution in [3.05, 3.63) is 80.7 Å². The topological polar surface area (TPSA) is 49.4 Å². The molecule has 0 spiro atoms. The molecule has 6 heteroatoms. The molecule has 1 aromatic carbocycles. The molecule has 146 valence electrons. The van der Waals surface area contributed by atoms with Gasteiger partial charge < -0.3 is 10.2 Å². The Kier molecular flexibility index (Phi) is 7.82. The molecule has 0 atom stereocenters. The molecule has 1 N–H and O–H groups in total. The minimum Gasteiger partial charge on any atom is -0.352 e. The maximum atomic E-state index is 12.8. The average molecular weight is 413 g/mol. The van der Waals surface area contributed by atoms with Crippen molar-refractivity contribution in [1.29, 1.82) is 0 Å². The minimum absolute atomic E-state index is 0.0757. The van der Waals surface area contributed by atoms with Gasteiger partial charge in [-0.2, -0.15) is 11.3 Å². The van der Waals surface area contributed by atoms with Crippen LogP contribution in [0.4, 0.5) is 0 Å². The average Bonchev–Trinajstić information content (AvgIpc) is 3.43. The van der Waals surface area contributed by atoms with E-state index in [-0.39, 0.29) is 11.8 Å². The molecule has 0 aliphatic carbocycles. The third kappa shape index (κ3) is 6.32. The van der Waals surface area contributed by atoms with Crippen LogP contribution in [-0.2, 0) is 17.8 Å². The third-order valence-corrected chi connectivity index (χ3v) is 5.97. The standard InChI is InChI=1S/C22H24N2O2S2/c25-21(9-4-12-23-22(26)19-11-15-27-17-19)24(16-20-8-5-14-28-20)13-10-18-6-2-1-3-7-18/h1-3,5-8,11,14-15,17H,4,9-10,12-13,16H2,(H,23,26). The van der Waals surface area contributed by atoms with E-state index >= 15 is 0 Å². The van der Waals surface area contributed by atoms with Crippen LogP contribution in [-0.4, -0.2) is 29.8 Å². The van der Waals surface area contributed by atoms with Crippen LogP contribution in [0.2, 0.25) is 0 Å². The van der Waals surface area contributed by atoms with Gasteiger partial charge in [0.15, 0.2) is 0 Å². The summed E-state index contributed by atoms with van der Waals surface area (Å²) >= 11 is 3.17. The molecule has 0 saturated carbocycles. The SMILES string of the molecule is O=C(NCCCC(=O)N(CCc1ccccc1)Cc1cccs1)c1ccsc1. The summed E-state index contributed by atoms with van der Waals surface area (Å²) in [6, 6.07) is 16.1. The maximum absolute atomic E-state index is 12.8. The molecule has 0 bridgehead atoms. The second-order valence-corrected chi connectivity index (χ2v) is 8.31. The zero-order chi connectivity index (χ0) is 19.6. The zero-order valence-corrected chi connectivity index (χ0v) is 17.3. The van der Waals surface area contributed by atoms with Gasteiger partial charge in [-0.3, -0.25) is 9.59 Å². The molecule has 28 heavy (non-hydrogen) atoms. The summed E-state index contributed by atoms with van der Waals surface area (Å²) in [6.07, 6.45) is 1.91. The number of carbonyl (C=O) groups excluding carboxylic acids is 2. The Morgan fingerprint density at radius 1 is 1.00 bits per heavy atom. The molecule has 0 aliphatic heterocycles. The van der Waals surface area contributed by atoms with Crippen molar-refractivity contribution >= 4 is 34.5 Å². The number of nitrogens with zero attached hydrogens (tertiary/aromatic N) is 1. The summed E-state index contributed by atoms with van der Waals surface area (Å²) < 4.78 is 0. The Bertz CT molecular complexity index is 846. The first-order chi connectivity index (χ1) is 13.7. The molecule has 0 aliphatic rings. The van der Waals surface area contributed by atoms with E-state index in [9.17, 15) is 9.59 Å². The Labute approximate surface area is 173 Å². The molecule has 0 fully saturated rings. The van der Waals surface area contributed by atoms with E-state index in [0.717, 1.165) is 6.42 Å². The number of hydrogen-bond acceptors (Lipinski definition) is 4. The molecule has 0 radical (unpaired) electrons. The van der Waals surface area contributed by atoms with Crippen molar-refractivity contribution in [1.82, 2.24) is 10.2 Å². The highest BCUT2D eigenvalue weighted by Gasteiger charge is 2.15. The van der Waals surface area contributed by atoms with Crippen LogP contribution < -0.4 is 5.32 Å². The highest BCUT2D eigenvalue weighted by Crippen LogP contribution is 2.14. The van der Waals surface area contributed by atoms with Gasteiger partial charge in [0.05, 0.1) is 6.54 Å². The van der Waals surface area contributed by atoms with Crippen LogP contribution >= 0.6 is 22.7 Å². The lowest BCUT2D eigenvalue weighted by atomic mass is 10.1. The second kappa shape index (κ2) is 10.8. The molecule has 3 aromatic rings. The lowest BCUT2D eigenvalue weighted by molar-refractivity contribution is -0.131. The number of benzene rings is 1. The van der Waals surface area contributed by atoms with Crippen molar-refractivity contribution in [2.24, 2.45) is 0 Å². The quantitative estimate of drug-likeness (QED) is 0.495. The van der Waals surface area contributed by atoms with E-state index in [0.29, 0.717) is 38.0 Å². The molecule has 0 unspecified atom stereocenters. The normalized spacial score (nSPS) is 10.6. The predicted octanol–water partition coefficient (Wildman–Crippen LogP) is 4.59.